The summed E-state index contributed by atoms with van der Waals surface area (Å²) >= 11 is 0. The molecule has 0 aromatic carbocycles. The van der Waals surface area contributed by atoms with E-state index in [-0.39, 0.29) is 0 Å². The summed E-state index contributed by atoms with van der Waals surface area (Å²) < 4.78 is 2.19. The molecule has 12 heavy (non-hydrogen) atoms. The Morgan fingerprint density at radius 3 is 2.83 bits per heavy atom. The highest BCUT2D eigenvalue weighted by Gasteiger charge is 2.32. The van der Waals surface area contributed by atoms with Crippen molar-refractivity contribution in [3.05, 3.63) is 24.0 Å². The van der Waals surface area contributed by atoms with Crippen LogP contribution >= 0.6 is 0 Å². The molecule has 0 amide bonds. The number of hydrogen-bond donors (Lipinski definition) is 1. The highest BCUT2D eigenvalue weighted by Crippen LogP contribution is 2.41. The fourth-order valence-corrected chi connectivity index (χ4v) is 1.91. The van der Waals surface area contributed by atoms with Gasteiger partial charge in [-0.25, -0.2) is 0 Å². The molecule has 0 spiro atoms. The van der Waals surface area contributed by atoms with Gasteiger partial charge in [0.25, 0.3) is 0 Å². The van der Waals surface area contributed by atoms with E-state index in [0.29, 0.717) is 5.92 Å². The van der Waals surface area contributed by atoms with Crippen LogP contribution in [0.3, 0.4) is 0 Å². The zero-order chi connectivity index (χ0) is 8.55. The van der Waals surface area contributed by atoms with E-state index < -0.39 is 0 Å². The SMILES string of the molecule is Cn1cccc1C(CN)C1CC1. The van der Waals surface area contributed by atoms with Crippen molar-refractivity contribution >= 4 is 0 Å². The molecule has 1 saturated carbocycles. The highest BCUT2D eigenvalue weighted by atomic mass is 14.9. The molecule has 1 fully saturated rings. The molecule has 0 saturated heterocycles. The first-order valence-corrected chi connectivity index (χ1v) is 4.64. The first-order valence-electron chi connectivity index (χ1n) is 4.64. The topological polar surface area (TPSA) is 30.9 Å². The van der Waals surface area contributed by atoms with E-state index in [1.165, 1.54) is 18.5 Å². The Kier molecular flexibility index (Phi) is 1.93. The second kappa shape index (κ2) is 2.94. The van der Waals surface area contributed by atoms with Crippen LogP contribution in [0.2, 0.25) is 0 Å². The van der Waals surface area contributed by atoms with Crippen LogP contribution in [0, 0.1) is 5.92 Å². The van der Waals surface area contributed by atoms with Crippen molar-refractivity contribution in [2.45, 2.75) is 18.8 Å². The van der Waals surface area contributed by atoms with Gasteiger partial charge >= 0.3 is 0 Å². The summed E-state index contributed by atoms with van der Waals surface area (Å²) in [6, 6.07) is 4.29. The molecule has 1 atom stereocenters. The van der Waals surface area contributed by atoms with Crippen LogP contribution in [0.1, 0.15) is 24.5 Å². The molecule has 1 aliphatic carbocycles. The Balaban J connectivity index is 2.20. The van der Waals surface area contributed by atoms with Crippen LogP contribution in [0.25, 0.3) is 0 Å². The van der Waals surface area contributed by atoms with Gasteiger partial charge in [-0.3, -0.25) is 0 Å². The largest absolute Gasteiger partial charge is 0.354 e. The smallest absolute Gasteiger partial charge is 0.0218 e. The third-order valence-corrected chi connectivity index (χ3v) is 2.81. The molecule has 0 bridgehead atoms. The molecular formula is C10H16N2. The van der Waals surface area contributed by atoms with Gasteiger partial charge in [-0.15, -0.1) is 0 Å². The zero-order valence-corrected chi connectivity index (χ0v) is 7.53. The normalized spacial score (nSPS) is 19.5. The number of aryl methyl sites for hydroxylation is 1. The van der Waals surface area contributed by atoms with Gasteiger partial charge in [0.15, 0.2) is 0 Å². The maximum absolute atomic E-state index is 5.76. The molecule has 1 aromatic rings. The van der Waals surface area contributed by atoms with E-state index >= 15 is 0 Å². The maximum Gasteiger partial charge on any atom is 0.0218 e. The van der Waals surface area contributed by atoms with Crippen LogP contribution in [0.5, 0.6) is 0 Å². The van der Waals surface area contributed by atoms with Crippen molar-refractivity contribution < 1.29 is 0 Å². The molecular weight excluding hydrogens is 148 g/mol. The van der Waals surface area contributed by atoms with E-state index in [1.807, 2.05) is 0 Å². The van der Waals surface area contributed by atoms with Gasteiger partial charge in [0.2, 0.25) is 0 Å². The van der Waals surface area contributed by atoms with Crippen molar-refractivity contribution in [2.75, 3.05) is 6.54 Å². The minimum Gasteiger partial charge on any atom is -0.354 e. The van der Waals surface area contributed by atoms with E-state index in [0.717, 1.165) is 12.5 Å². The van der Waals surface area contributed by atoms with Crippen molar-refractivity contribution in [3.8, 4) is 0 Å². The minimum atomic E-state index is 0.602. The molecule has 0 aliphatic heterocycles. The average molecular weight is 164 g/mol. The lowest BCUT2D eigenvalue weighted by Gasteiger charge is -2.14. The molecule has 1 unspecified atom stereocenters. The Morgan fingerprint density at radius 2 is 2.42 bits per heavy atom. The predicted octanol–water partition coefficient (Wildman–Crippen LogP) is 1.48. The lowest BCUT2D eigenvalue weighted by molar-refractivity contribution is 0.576. The summed E-state index contributed by atoms with van der Waals surface area (Å²) in [6.45, 7) is 0.794. The molecule has 2 N–H and O–H groups in total. The molecule has 2 rings (SSSR count). The summed E-state index contributed by atoms with van der Waals surface area (Å²) in [5, 5.41) is 0. The van der Waals surface area contributed by atoms with Gasteiger partial charge in [-0.1, -0.05) is 0 Å². The fourth-order valence-electron chi connectivity index (χ4n) is 1.91. The number of nitrogens with zero attached hydrogens (tertiary/aromatic N) is 1. The van der Waals surface area contributed by atoms with Gasteiger partial charge in [-0.05, 0) is 30.9 Å². The van der Waals surface area contributed by atoms with Crippen LogP contribution in [0.15, 0.2) is 18.3 Å². The minimum absolute atomic E-state index is 0.602. The van der Waals surface area contributed by atoms with Gasteiger partial charge in [0, 0.05) is 31.4 Å². The summed E-state index contributed by atoms with van der Waals surface area (Å²) in [5.74, 6) is 1.47. The maximum atomic E-state index is 5.76. The number of aromatic nitrogens is 1. The molecule has 2 heteroatoms. The summed E-state index contributed by atoms with van der Waals surface area (Å²) in [7, 11) is 2.10. The Morgan fingerprint density at radius 1 is 1.67 bits per heavy atom. The standard InChI is InChI=1S/C10H16N2/c1-12-6-2-3-10(12)9(7-11)8-4-5-8/h2-3,6,8-9H,4-5,7,11H2,1H3. The third-order valence-electron chi connectivity index (χ3n) is 2.81. The first kappa shape index (κ1) is 7.87. The summed E-state index contributed by atoms with van der Waals surface area (Å²) in [5.41, 5.74) is 7.16. The van der Waals surface area contributed by atoms with Crippen LogP contribution in [-0.4, -0.2) is 11.1 Å². The van der Waals surface area contributed by atoms with Gasteiger partial charge in [0.1, 0.15) is 0 Å². The number of hydrogen-bond acceptors (Lipinski definition) is 1. The second-order valence-corrected chi connectivity index (χ2v) is 3.72. The molecule has 0 radical (unpaired) electrons. The van der Waals surface area contributed by atoms with Gasteiger partial charge < -0.3 is 10.3 Å². The van der Waals surface area contributed by atoms with Gasteiger partial charge in [0.05, 0.1) is 0 Å². The lowest BCUT2D eigenvalue weighted by atomic mass is 10.0. The van der Waals surface area contributed by atoms with Crippen LogP contribution < -0.4 is 5.73 Å². The predicted molar refractivity (Wildman–Crippen MR) is 49.9 cm³/mol. The number of rotatable bonds is 3. The van der Waals surface area contributed by atoms with E-state index in [2.05, 4.69) is 29.9 Å². The van der Waals surface area contributed by atoms with Crippen molar-refractivity contribution in [1.82, 2.24) is 4.57 Å². The van der Waals surface area contributed by atoms with Crippen LogP contribution in [-0.2, 0) is 7.05 Å². The zero-order valence-electron chi connectivity index (χ0n) is 7.53. The fraction of sp³-hybridized carbons (Fsp3) is 0.600. The Labute approximate surface area is 73.4 Å². The van der Waals surface area contributed by atoms with Gasteiger partial charge in [-0.2, -0.15) is 0 Å². The Bertz CT molecular complexity index is 261. The van der Waals surface area contributed by atoms with E-state index in [4.69, 9.17) is 5.73 Å². The monoisotopic (exact) mass is 164 g/mol. The average Bonchev–Trinajstić information content (AvgIpc) is 2.80. The first-order chi connectivity index (χ1) is 5.83. The van der Waals surface area contributed by atoms with Crippen molar-refractivity contribution in [2.24, 2.45) is 18.7 Å². The third kappa shape index (κ3) is 1.27. The van der Waals surface area contributed by atoms with E-state index in [1.54, 1.807) is 0 Å². The summed E-state index contributed by atoms with van der Waals surface area (Å²) in [4.78, 5) is 0. The number of nitrogens with two attached hydrogens (primary N) is 1. The molecule has 66 valence electrons. The van der Waals surface area contributed by atoms with Crippen molar-refractivity contribution in [1.29, 1.82) is 0 Å². The molecule has 1 heterocycles. The van der Waals surface area contributed by atoms with Crippen LogP contribution in [0.4, 0.5) is 0 Å². The summed E-state index contributed by atoms with van der Waals surface area (Å²) in [6.07, 6.45) is 4.83. The highest BCUT2D eigenvalue weighted by molar-refractivity contribution is 5.15. The second-order valence-electron chi connectivity index (χ2n) is 3.72. The quantitative estimate of drug-likeness (QED) is 0.720. The van der Waals surface area contributed by atoms with Crippen molar-refractivity contribution in [3.63, 3.8) is 0 Å². The molecule has 1 aliphatic rings. The molecule has 2 nitrogen and oxygen atoms in total. The Hall–Kier alpha value is -0.760. The van der Waals surface area contributed by atoms with E-state index in [9.17, 15) is 0 Å². The lowest BCUT2D eigenvalue weighted by Crippen LogP contribution is -2.16. The molecule has 1 aromatic heterocycles.